The van der Waals surface area contributed by atoms with Gasteiger partial charge in [-0.25, -0.2) is 0 Å². The zero-order chi connectivity index (χ0) is 42.3. The summed E-state index contributed by atoms with van der Waals surface area (Å²) in [5.74, 6) is -5.54. The first-order valence-corrected chi connectivity index (χ1v) is 20.2. The molecule has 1 rings (SSSR count). The minimum absolute atomic E-state index is 0.00180. The van der Waals surface area contributed by atoms with Gasteiger partial charge < -0.3 is 25.6 Å². The van der Waals surface area contributed by atoms with Crippen LogP contribution in [0.25, 0.3) is 0 Å². The van der Waals surface area contributed by atoms with Crippen LogP contribution in [0.2, 0.25) is 0 Å². The van der Waals surface area contributed by atoms with Gasteiger partial charge in [0.15, 0.2) is 23.1 Å². The van der Waals surface area contributed by atoms with E-state index in [0.717, 1.165) is 0 Å². The van der Waals surface area contributed by atoms with Crippen molar-refractivity contribution in [2.75, 3.05) is 0 Å². The maximum Gasteiger partial charge on any atom is 0.309 e. The molecule has 0 radical (unpaired) electrons. The van der Waals surface area contributed by atoms with Gasteiger partial charge in [0.1, 0.15) is 5.78 Å². The van der Waals surface area contributed by atoms with Crippen LogP contribution in [0.15, 0.2) is 0 Å². The Morgan fingerprint density at radius 2 is 1.11 bits per heavy atom. The fourth-order valence-corrected chi connectivity index (χ4v) is 7.15. The summed E-state index contributed by atoms with van der Waals surface area (Å²) in [5, 5.41) is 27.7. The summed E-state index contributed by atoms with van der Waals surface area (Å²) in [5.41, 5.74) is 0. The number of hydrogen-bond donors (Lipinski definition) is 4. The summed E-state index contributed by atoms with van der Waals surface area (Å²) in [4.78, 5) is 102. The van der Waals surface area contributed by atoms with Crippen molar-refractivity contribution in [3.63, 3.8) is 0 Å². The predicted molar refractivity (Wildman–Crippen MR) is 207 cm³/mol. The largest absolute Gasteiger partial charge is 0.446 e. The molecule has 0 aromatic rings. The molecule has 13 nitrogen and oxygen atoms in total. The molecule has 7 atom stereocenters. The summed E-state index contributed by atoms with van der Waals surface area (Å²) < 4.78 is 5.04. The van der Waals surface area contributed by atoms with Gasteiger partial charge in [0.25, 0.3) is 0 Å². The second kappa shape index (κ2) is 23.7. The quantitative estimate of drug-likeness (QED) is 0.0710. The Morgan fingerprint density at radius 1 is 0.618 bits per heavy atom. The minimum Gasteiger partial charge on any atom is -0.446 e. The second-order valence-electron chi connectivity index (χ2n) is 17.7. The molecule has 0 saturated heterocycles. The molecular formula is C42H70N2O11. The third-order valence-electron chi connectivity index (χ3n) is 10.2. The average Bonchev–Trinajstić information content (AvgIpc) is 3.35. The number of hydrogen-bond acceptors (Lipinski definition) is 11. The van der Waals surface area contributed by atoms with Crippen LogP contribution in [-0.2, 0) is 43.1 Å². The predicted octanol–water partition coefficient (Wildman–Crippen LogP) is 4.50. The average molecular weight is 779 g/mol. The van der Waals surface area contributed by atoms with Crippen LogP contribution in [0.5, 0.6) is 0 Å². The summed E-state index contributed by atoms with van der Waals surface area (Å²) in [6.45, 7) is 20.4. The van der Waals surface area contributed by atoms with Gasteiger partial charge >= 0.3 is 5.97 Å². The number of Topliss-reactive ketones (excluding diaryl/α,β-unsaturated/α-hetero) is 5. The maximum absolute atomic E-state index is 13.7. The third-order valence-corrected chi connectivity index (χ3v) is 10.2. The summed E-state index contributed by atoms with van der Waals surface area (Å²) in [6, 6.07) is -1.85. The minimum atomic E-state index is -1.45. The van der Waals surface area contributed by atoms with Gasteiger partial charge in [-0.15, -0.1) is 0 Å². The van der Waals surface area contributed by atoms with E-state index in [2.05, 4.69) is 10.6 Å². The fraction of sp³-hybridized carbons (Fsp3) is 0.810. The maximum atomic E-state index is 13.7. The lowest BCUT2D eigenvalue weighted by Gasteiger charge is -2.29. The lowest BCUT2D eigenvalue weighted by molar-refractivity contribution is -0.159. The van der Waals surface area contributed by atoms with Crippen molar-refractivity contribution in [2.45, 2.75) is 171 Å². The molecule has 2 amide bonds. The SMILES string of the molecule is CC(C)CC(=O)C[C@H](C(=O)N[C@H](C(=O)C[C@@H](CC(C)C)[C@@H](O)CC(=O)N[C@@H](C)C(=O)C[C@@H](CC(C)C)[C@@H](O)CC(=O)OC1C(=O)CCC1=O)C(C)C)C(C)C. The number of carbonyl (C=O) groups is 8. The number of ether oxygens (including phenoxy) is 1. The zero-order valence-corrected chi connectivity index (χ0v) is 35.1. The second-order valence-corrected chi connectivity index (χ2v) is 17.7. The number of rotatable bonds is 26. The molecule has 13 heteroatoms. The summed E-state index contributed by atoms with van der Waals surface area (Å²) >= 11 is 0. The molecule has 0 aromatic heterocycles. The van der Waals surface area contributed by atoms with Crippen molar-refractivity contribution in [3.05, 3.63) is 0 Å². The van der Waals surface area contributed by atoms with E-state index in [0.29, 0.717) is 19.3 Å². The molecule has 1 aliphatic carbocycles. The molecule has 314 valence electrons. The molecule has 1 aliphatic rings. The first kappa shape index (κ1) is 49.7. The van der Waals surface area contributed by atoms with Crippen LogP contribution in [-0.4, -0.2) is 87.3 Å². The van der Waals surface area contributed by atoms with Crippen LogP contribution in [0.3, 0.4) is 0 Å². The van der Waals surface area contributed by atoms with Crippen LogP contribution < -0.4 is 10.6 Å². The van der Waals surface area contributed by atoms with Gasteiger partial charge in [0, 0.05) is 44.4 Å². The van der Waals surface area contributed by atoms with Gasteiger partial charge in [-0.3, -0.25) is 38.4 Å². The van der Waals surface area contributed by atoms with E-state index in [9.17, 15) is 48.6 Å². The van der Waals surface area contributed by atoms with Crippen molar-refractivity contribution < 1.29 is 53.3 Å². The Morgan fingerprint density at radius 3 is 1.56 bits per heavy atom. The highest BCUT2D eigenvalue weighted by Crippen LogP contribution is 2.26. The standard InChI is InChI=1S/C42H70N2O11/c1-22(2)14-28(36(50)21-39(53)55-41-32(46)12-13-33(41)47)17-34(48)27(11)43-38(52)20-35(49)29(15-23(3)4)18-37(51)40(26(9)10)44-42(54)31(25(7)8)19-30(45)16-24(5)6/h22-29,31,35-36,40-41,49-50H,12-21H2,1-11H3,(H,43,52)(H,44,54)/t27-,28+,29+,31-,35-,36-,40-/m0/s1. The molecule has 1 fully saturated rings. The molecule has 0 spiro atoms. The molecular weight excluding hydrogens is 708 g/mol. The van der Waals surface area contributed by atoms with Crippen molar-refractivity contribution in [1.82, 2.24) is 10.6 Å². The molecule has 4 N–H and O–H groups in total. The number of aliphatic hydroxyl groups excluding tert-OH is 2. The number of amides is 2. The Bertz CT molecular complexity index is 1320. The highest BCUT2D eigenvalue weighted by molar-refractivity contribution is 6.12. The van der Waals surface area contributed by atoms with E-state index >= 15 is 0 Å². The van der Waals surface area contributed by atoms with Crippen molar-refractivity contribution in [2.24, 2.45) is 47.3 Å². The van der Waals surface area contributed by atoms with Gasteiger partial charge in [0.05, 0.1) is 37.1 Å². The molecule has 55 heavy (non-hydrogen) atoms. The Kier molecular flexibility index (Phi) is 21.4. The Hall–Kier alpha value is -3.32. The number of esters is 1. The zero-order valence-electron chi connectivity index (χ0n) is 35.1. The number of aliphatic hydroxyl groups is 2. The molecule has 0 bridgehead atoms. The monoisotopic (exact) mass is 778 g/mol. The van der Waals surface area contributed by atoms with E-state index in [1.54, 1.807) is 0 Å². The third kappa shape index (κ3) is 18.0. The van der Waals surface area contributed by atoms with E-state index in [1.807, 2.05) is 69.2 Å². The van der Waals surface area contributed by atoms with Crippen LogP contribution in [0, 0.1) is 47.3 Å². The number of nitrogens with one attached hydrogen (secondary N) is 2. The van der Waals surface area contributed by atoms with E-state index in [-0.39, 0.29) is 85.6 Å². The Labute approximate surface area is 328 Å². The van der Waals surface area contributed by atoms with Gasteiger partial charge in [-0.05, 0) is 61.2 Å². The van der Waals surface area contributed by atoms with Crippen molar-refractivity contribution >= 4 is 46.7 Å². The normalized spacial score (nSPS) is 17.6. The van der Waals surface area contributed by atoms with E-state index in [1.165, 1.54) is 6.92 Å². The number of ketones is 5. The molecule has 0 heterocycles. The topological polar surface area (TPSA) is 210 Å². The van der Waals surface area contributed by atoms with Crippen LogP contribution >= 0.6 is 0 Å². The first-order valence-electron chi connectivity index (χ1n) is 20.2. The van der Waals surface area contributed by atoms with Crippen LogP contribution in [0.1, 0.15) is 140 Å². The number of carbonyl (C=O) groups excluding carboxylic acids is 8. The lowest BCUT2D eigenvalue weighted by Crippen LogP contribution is -2.49. The van der Waals surface area contributed by atoms with Gasteiger partial charge in [-0.1, -0.05) is 69.2 Å². The smallest absolute Gasteiger partial charge is 0.309 e. The molecule has 1 saturated carbocycles. The molecule has 0 aromatic carbocycles. The molecule has 0 aliphatic heterocycles. The summed E-state index contributed by atoms with van der Waals surface area (Å²) in [6.07, 6.45) is -3.88. The first-order chi connectivity index (χ1) is 25.4. The van der Waals surface area contributed by atoms with E-state index in [4.69, 9.17) is 4.74 Å². The van der Waals surface area contributed by atoms with E-state index < -0.39 is 83.8 Å². The fourth-order valence-electron chi connectivity index (χ4n) is 7.15. The highest BCUT2D eigenvalue weighted by Gasteiger charge is 2.38. The Balaban J connectivity index is 2.93. The molecule has 0 unspecified atom stereocenters. The van der Waals surface area contributed by atoms with Gasteiger partial charge in [0.2, 0.25) is 17.9 Å². The van der Waals surface area contributed by atoms with Crippen molar-refractivity contribution in [3.8, 4) is 0 Å². The summed E-state index contributed by atoms with van der Waals surface area (Å²) in [7, 11) is 0. The van der Waals surface area contributed by atoms with Crippen LogP contribution in [0.4, 0.5) is 0 Å². The van der Waals surface area contributed by atoms with Gasteiger partial charge in [-0.2, -0.15) is 0 Å². The highest BCUT2D eigenvalue weighted by atomic mass is 16.6. The van der Waals surface area contributed by atoms with Crippen molar-refractivity contribution in [1.29, 1.82) is 0 Å². The lowest BCUT2D eigenvalue weighted by atomic mass is 9.83.